The molecule has 11 nitrogen and oxygen atoms in total. The first kappa shape index (κ1) is 24.9. The summed E-state index contributed by atoms with van der Waals surface area (Å²) in [5, 5.41) is 23.2. The first-order valence-electron chi connectivity index (χ1n) is 10.0. The van der Waals surface area contributed by atoms with Crippen molar-refractivity contribution in [2.24, 2.45) is 10.7 Å². The number of carbonyl (C=O) groups excluding carboxylic acids is 3. The normalized spacial score (nSPS) is 19.0. The number of nitrogens with one attached hydrogen (secondary N) is 1. The van der Waals surface area contributed by atoms with Crippen LogP contribution in [0, 0.1) is 0 Å². The summed E-state index contributed by atoms with van der Waals surface area (Å²) in [5.41, 5.74) is 5.53. The minimum absolute atomic E-state index is 0.139. The fourth-order valence-corrected chi connectivity index (χ4v) is 3.94. The number of nitrogens with zero attached hydrogens (tertiary/aromatic N) is 4. The number of aliphatic hydroxyl groups excluding tert-OH is 1. The summed E-state index contributed by atoms with van der Waals surface area (Å²) >= 11 is 1.20. The molecule has 0 bridgehead atoms. The van der Waals surface area contributed by atoms with Gasteiger partial charge in [-0.25, -0.2) is 4.98 Å². The lowest BCUT2D eigenvalue weighted by Gasteiger charge is -2.38. The molecular formula is C19H30N6O5S. The second kappa shape index (κ2) is 11.8. The standard InChI is InChI=1S/C19H30N6O5S/c1-12(20)21-5-3-4-13(17(29)18-22-6-9-31-18)23-15(26)11-25-8-7-24(2)14(19(25)30)10-16(27)28/h6,9,13-14,16,27-28H,3-5,7-8,10-11H2,1-2H3,(H2,20,21)(H,23,26)/t13-,14-/m0/s1. The van der Waals surface area contributed by atoms with Gasteiger partial charge in [0.1, 0.15) is 0 Å². The van der Waals surface area contributed by atoms with E-state index >= 15 is 0 Å². The molecule has 172 valence electrons. The summed E-state index contributed by atoms with van der Waals surface area (Å²) in [6.07, 6.45) is 0.666. The highest BCUT2D eigenvalue weighted by atomic mass is 32.1. The van der Waals surface area contributed by atoms with Crippen molar-refractivity contribution in [3.8, 4) is 0 Å². The molecule has 2 amide bonds. The number of aromatic nitrogens is 1. The molecular weight excluding hydrogens is 424 g/mol. The number of aliphatic imine (C=N–C) groups is 1. The molecule has 1 fully saturated rings. The van der Waals surface area contributed by atoms with Crippen LogP contribution in [0.15, 0.2) is 16.6 Å². The van der Waals surface area contributed by atoms with Crippen molar-refractivity contribution >= 4 is 34.8 Å². The Morgan fingerprint density at radius 2 is 2.16 bits per heavy atom. The molecule has 5 N–H and O–H groups in total. The number of nitrogens with two attached hydrogens (primary N) is 1. The second-order valence-electron chi connectivity index (χ2n) is 7.46. The van der Waals surface area contributed by atoms with E-state index in [9.17, 15) is 24.6 Å². The Balaban J connectivity index is 2.00. The lowest BCUT2D eigenvalue weighted by Crippen LogP contribution is -2.58. The van der Waals surface area contributed by atoms with Crippen LogP contribution < -0.4 is 11.1 Å². The molecule has 1 saturated heterocycles. The Morgan fingerprint density at radius 1 is 1.42 bits per heavy atom. The van der Waals surface area contributed by atoms with Crippen LogP contribution in [0.4, 0.5) is 0 Å². The maximum Gasteiger partial charge on any atom is 0.240 e. The van der Waals surface area contributed by atoms with Crippen molar-refractivity contribution in [2.45, 2.75) is 44.6 Å². The fraction of sp³-hybridized carbons (Fsp3) is 0.632. The molecule has 1 aromatic rings. The smallest absolute Gasteiger partial charge is 0.240 e. The largest absolute Gasteiger partial charge is 0.388 e. The van der Waals surface area contributed by atoms with E-state index in [2.05, 4.69) is 15.3 Å². The third kappa shape index (κ3) is 7.65. The van der Waals surface area contributed by atoms with Crippen LogP contribution in [0.3, 0.4) is 0 Å². The van der Waals surface area contributed by atoms with Crippen molar-refractivity contribution < 1.29 is 24.6 Å². The summed E-state index contributed by atoms with van der Waals surface area (Å²) < 4.78 is 0. The van der Waals surface area contributed by atoms with Gasteiger partial charge in [0.2, 0.25) is 17.6 Å². The van der Waals surface area contributed by atoms with Crippen molar-refractivity contribution in [2.75, 3.05) is 33.2 Å². The number of ketones is 1. The molecule has 2 atom stereocenters. The lowest BCUT2D eigenvalue weighted by atomic mass is 10.1. The Bertz CT molecular complexity index is 781. The lowest BCUT2D eigenvalue weighted by molar-refractivity contribution is -0.148. The number of hydrogen-bond acceptors (Lipinski definition) is 9. The van der Waals surface area contributed by atoms with Gasteiger partial charge in [-0.2, -0.15) is 0 Å². The van der Waals surface area contributed by atoms with Gasteiger partial charge in [-0.05, 0) is 26.8 Å². The zero-order valence-electron chi connectivity index (χ0n) is 17.7. The average Bonchev–Trinajstić information content (AvgIpc) is 3.23. The monoisotopic (exact) mass is 454 g/mol. The molecule has 0 aromatic carbocycles. The zero-order chi connectivity index (χ0) is 23.0. The molecule has 1 aliphatic heterocycles. The molecule has 0 saturated carbocycles. The predicted molar refractivity (Wildman–Crippen MR) is 116 cm³/mol. The van der Waals surface area contributed by atoms with E-state index in [1.807, 2.05) is 0 Å². The molecule has 0 radical (unpaired) electrons. The number of rotatable bonds is 11. The number of amides is 2. The summed E-state index contributed by atoms with van der Waals surface area (Å²) in [4.78, 5) is 49.3. The summed E-state index contributed by atoms with van der Waals surface area (Å²) in [5.74, 6) is -0.659. The summed E-state index contributed by atoms with van der Waals surface area (Å²) in [6.45, 7) is 2.72. The number of hydrogen-bond donors (Lipinski definition) is 4. The van der Waals surface area contributed by atoms with E-state index in [-0.39, 0.29) is 24.7 Å². The topological polar surface area (TPSA) is 161 Å². The van der Waals surface area contributed by atoms with E-state index in [4.69, 9.17) is 5.73 Å². The minimum Gasteiger partial charge on any atom is -0.388 e. The number of Topliss-reactive ketones (excluding diaryl/α,β-unsaturated/α-hetero) is 1. The second-order valence-corrected chi connectivity index (χ2v) is 8.35. The van der Waals surface area contributed by atoms with Crippen LogP contribution in [-0.4, -0.2) is 100 Å². The van der Waals surface area contributed by atoms with Gasteiger partial charge in [0.05, 0.1) is 24.5 Å². The maximum atomic E-state index is 12.8. The van der Waals surface area contributed by atoms with Gasteiger partial charge >= 0.3 is 0 Å². The van der Waals surface area contributed by atoms with Crippen LogP contribution in [0.25, 0.3) is 0 Å². The number of likely N-dealkylation sites (N-methyl/N-ethyl adjacent to an activating group) is 1. The molecule has 1 aromatic heterocycles. The van der Waals surface area contributed by atoms with Crippen LogP contribution >= 0.6 is 11.3 Å². The van der Waals surface area contributed by atoms with Gasteiger partial charge in [-0.15, -0.1) is 11.3 Å². The quantitative estimate of drug-likeness (QED) is 0.107. The first-order chi connectivity index (χ1) is 14.7. The van der Waals surface area contributed by atoms with Crippen molar-refractivity contribution in [3.63, 3.8) is 0 Å². The number of thiazole rings is 1. The summed E-state index contributed by atoms with van der Waals surface area (Å²) in [6, 6.07) is -1.50. The van der Waals surface area contributed by atoms with Crippen LogP contribution in [-0.2, 0) is 9.59 Å². The van der Waals surface area contributed by atoms with E-state index in [0.29, 0.717) is 43.3 Å². The molecule has 0 unspecified atom stereocenters. The first-order valence-corrected chi connectivity index (χ1v) is 10.9. The Kier molecular flexibility index (Phi) is 9.49. The molecule has 0 spiro atoms. The van der Waals surface area contributed by atoms with Gasteiger partial charge in [0.25, 0.3) is 0 Å². The van der Waals surface area contributed by atoms with Gasteiger partial charge in [0, 0.05) is 37.6 Å². The van der Waals surface area contributed by atoms with E-state index in [1.54, 1.807) is 24.3 Å². The SMILES string of the molecule is CC(N)=NCCC[C@H](NC(=O)CN1CCN(C)[C@@H](CC(O)O)C1=O)C(=O)c1nccs1. The molecule has 2 heterocycles. The Hall–Kier alpha value is -2.41. The van der Waals surface area contributed by atoms with Crippen molar-refractivity contribution in [1.29, 1.82) is 0 Å². The van der Waals surface area contributed by atoms with E-state index < -0.39 is 24.3 Å². The number of amidine groups is 1. The minimum atomic E-state index is -1.62. The van der Waals surface area contributed by atoms with Crippen molar-refractivity contribution in [3.05, 3.63) is 16.6 Å². The van der Waals surface area contributed by atoms with Gasteiger partial charge in [-0.3, -0.25) is 24.3 Å². The predicted octanol–water partition coefficient (Wildman–Crippen LogP) is -1.19. The highest BCUT2D eigenvalue weighted by molar-refractivity contribution is 7.11. The molecule has 31 heavy (non-hydrogen) atoms. The number of carbonyl (C=O) groups is 3. The highest BCUT2D eigenvalue weighted by Gasteiger charge is 2.35. The Labute approximate surface area is 185 Å². The summed E-state index contributed by atoms with van der Waals surface area (Å²) in [7, 11) is 1.72. The van der Waals surface area contributed by atoms with Gasteiger partial charge in [-0.1, -0.05) is 0 Å². The van der Waals surface area contributed by atoms with Gasteiger partial charge in [0.15, 0.2) is 11.3 Å². The molecule has 1 aliphatic rings. The number of aliphatic hydroxyl groups is 2. The fourth-order valence-electron chi connectivity index (χ4n) is 3.31. The zero-order valence-corrected chi connectivity index (χ0v) is 18.5. The van der Waals surface area contributed by atoms with Crippen LogP contribution in [0.1, 0.15) is 36.0 Å². The molecule has 0 aliphatic carbocycles. The van der Waals surface area contributed by atoms with Gasteiger partial charge < -0.3 is 26.2 Å². The molecule has 2 rings (SSSR count). The maximum absolute atomic E-state index is 12.8. The van der Waals surface area contributed by atoms with Crippen LogP contribution in [0.5, 0.6) is 0 Å². The third-order valence-corrected chi connectivity index (χ3v) is 5.71. The third-order valence-electron chi connectivity index (χ3n) is 4.93. The van der Waals surface area contributed by atoms with Crippen LogP contribution in [0.2, 0.25) is 0 Å². The van der Waals surface area contributed by atoms with E-state index in [0.717, 1.165) is 0 Å². The Morgan fingerprint density at radius 3 is 2.77 bits per heavy atom. The van der Waals surface area contributed by atoms with Crippen molar-refractivity contribution in [1.82, 2.24) is 20.1 Å². The highest BCUT2D eigenvalue weighted by Crippen LogP contribution is 2.15. The molecule has 12 heteroatoms. The van der Waals surface area contributed by atoms with E-state index in [1.165, 1.54) is 22.4 Å². The number of piperazine rings is 1. The average molecular weight is 455 g/mol.